The molecule has 140 valence electrons. The van der Waals surface area contributed by atoms with Crippen LogP contribution in [0.2, 0.25) is 0 Å². The average molecular weight is 390 g/mol. The number of thiazole rings is 1. The monoisotopic (exact) mass is 389 g/mol. The highest BCUT2D eigenvalue weighted by Gasteiger charge is 2.20. The maximum atomic E-state index is 12.5. The topological polar surface area (TPSA) is 45.2 Å². The largest absolute Gasteiger partial charge is 0.349 e. The number of rotatable bonds is 7. The minimum Gasteiger partial charge on any atom is -0.349 e. The van der Waals surface area contributed by atoms with E-state index in [2.05, 4.69) is 27.5 Å². The molecular weight excluding hydrogens is 362 g/mol. The Balaban J connectivity index is 1.46. The van der Waals surface area contributed by atoms with Gasteiger partial charge in [-0.25, -0.2) is 4.98 Å². The lowest BCUT2D eigenvalue weighted by atomic mass is 10.0. The number of nitrogens with zero attached hydrogens (tertiary/aromatic N) is 2. The number of nitrogens with one attached hydrogen (secondary N) is 1. The van der Waals surface area contributed by atoms with Crippen molar-refractivity contribution in [2.24, 2.45) is 0 Å². The SMILES string of the molecule is CCCN1CCC(NC(=O)c2ccc(SCc3csc(C)n3)cc2)CC1. The highest BCUT2D eigenvalue weighted by molar-refractivity contribution is 7.98. The van der Waals surface area contributed by atoms with E-state index in [0.29, 0.717) is 6.04 Å². The minimum atomic E-state index is 0.0469. The Morgan fingerprint density at radius 2 is 2.04 bits per heavy atom. The third kappa shape index (κ3) is 5.56. The van der Waals surface area contributed by atoms with Crippen LogP contribution in [0.5, 0.6) is 0 Å². The van der Waals surface area contributed by atoms with Crippen molar-refractivity contribution < 1.29 is 4.79 Å². The van der Waals surface area contributed by atoms with Gasteiger partial charge in [-0.3, -0.25) is 4.79 Å². The molecule has 4 nitrogen and oxygen atoms in total. The number of aromatic nitrogens is 1. The fourth-order valence-electron chi connectivity index (χ4n) is 3.22. The van der Waals surface area contributed by atoms with Crippen LogP contribution in [0.25, 0.3) is 0 Å². The van der Waals surface area contributed by atoms with Gasteiger partial charge in [0.05, 0.1) is 10.7 Å². The van der Waals surface area contributed by atoms with Gasteiger partial charge in [0.2, 0.25) is 0 Å². The van der Waals surface area contributed by atoms with E-state index >= 15 is 0 Å². The second kappa shape index (κ2) is 9.53. The summed E-state index contributed by atoms with van der Waals surface area (Å²) < 4.78 is 0. The molecule has 1 aromatic heterocycles. The number of carbonyl (C=O) groups is 1. The van der Waals surface area contributed by atoms with Gasteiger partial charge < -0.3 is 10.2 Å². The Morgan fingerprint density at radius 3 is 2.65 bits per heavy atom. The van der Waals surface area contributed by atoms with Crippen LogP contribution in [0.4, 0.5) is 0 Å². The number of carbonyl (C=O) groups excluding carboxylic acids is 1. The number of thioether (sulfide) groups is 1. The summed E-state index contributed by atoms with van der Waals surface area (Å²) in [6.07, 6.45) is 3.29. The number of benzene rings is 1. The van der Waals surface area contributed by atoms with E-state index < -0.39 is 0 Å². The number of hydrogen-bond donors (Lipinski definition) is 1. The zero-order valence-electron chi connectivity index (χ0n) is 15.5. The molecule has 1 aromatic carbocycles. The quantitative estimate of drug-likeness (QED) is 0.715. The van der Waals surface area contributed by atoms with Gasteiger partial charge in [0.25, 0.3) is 5.91 Å². The molecule has 26 heavy (non-hydrogen) atoms. The number of piperidine rings is 1. The first-order chi connectivity index (χ1) is 12.6. The highest BCUT2D eigenvalue weighted by Crippen LogP contribution is 2.24. The van der Waals surface area contributed by atoms with Crippen LogP contribution in [0.3, 0.4) is 0 Å². The molecule has 0 aliphatic carbocycles. The summed E-state index contributed by atoms with van der Waals surface area (Å²) in [5.41, 5.74) is 1.86. The van der Waals surface area contributed by atoms with Gasteiger partial charge in [0.15, 0.2) is 0 Å². The summed E-state index contributed by atoms with van der Waals surface area (Å²) in [7, 11) is 0. The van der Waals surface area contributed by atoms with Crippen LogP contribution < -0.4 is 5.32 Å². The molecule has 0 spiro atoms. The zero-order valence-corrected chi connectivity index (χ0v) is 17.2. The molecule has 0 saturated carbocycles. The molecule has 1 fully saturated rings. The minimum absolute atomic E-state index is 0.0469. The normalized spacial score (nSPS) is 15.9. The summed E-state index contributed by atoms with van der Waals surface area (Å²) in [6, 6.07) is 8.22. The van der Waals surface area contributed by atoms with Crippen molar-refractivity contribution in [3.8, 4) is 0 Å². The van der Waals surface area contributed by atoms with E-state index in [9.17, 15) is 4.79 Å². The second-order valence-electron chi connectivity index (χ2n) is 6.76. The maximum Gasteiger partial charge on any atom is 0.251 e. The van der Waals surface area contributed by atoms with E-state index in [4.69, 9.17) is 0 Å². The molecule has 0 unspecified atom stereocenters. The van der Waals surface area contributed by atoms with E-state index in [1.54, 1.807) is 23.1 Å². The number of hydrogen-bond acceptors (Lipinski definition) is 5. The van der Waals surface area contributed by atoms with Crippen molar-refractivity contribution in [3.05, 3.63) is 45.9 Å². The van der Waals surface area contributed by atoms with Crippen molar-refractivity contribution in [2.45, 2.75) is 49.8 Å². The second-order valence-corrected chi connectivity index (χ2v) is 8.87. The Hall–Kier alpha value is -1.37. The number of aryl methyl sites for hydroxylation is 1. The van der Waals surface area contributed by atoms with Gasteiger partial charge in [-0.15, -0.1) is 23.1 Å². The first kappa shape index (κ1) is 19.4. The molecule has 2 heterocycles. The smallest absolute Gasteiger partial charge is 0.251 e. The summed E-state index contributed by atoms with van der Waals surface area (Å²) in [5.74, 6) is 0.914. The fourth-order valence-corrected chi connectivity index (χ4v) is 4.73. The molecule has 0 atom stereocenters. The molecule has 3 rings (SSSR count). The average Bonchev–Trinajstić information content (AvgIpc) is 3.07. The highest BCUT2D eigenvalue weighted by atomic mass is 32.2. The Bertz CT molecular complexity index is 706. The summed E-state index contributed by atoms with van der Waals surface area (Å²) in [5, 5.41) is 6.41. The Kier molecular flexibility index (Phi) is 7.11. The van der Waals surface area contributed by atoms with Crippen molar-refractivity contribution in [1.29, 1.82) is 0 Å². The summed E-state index contributed by atoms with van der Waals surface area (Å²) in [6.45, 7) is 7.59. The maximum absolute atomic E-state index is 12.5. The standard InChI is InChI=1S/C20H27N3OS2/c1-3-10-23-11-8-17(9-12-23)22-20(24)16-4-6-19(7-5-16)26-14-18-13-25-15(2)21-18/h4-7,13,17H,3,8-12,14H2,1-2H3,(H,22,24). The molecule has 1 N–H and O–H groups in total. The first-order valence-electron chi connectivity index (χ1n) is 9.31. The van der Waals surface area contributed by atoms with Crippen molar-refractivity contribution in [1.82, 2.24) is 15.2 Å². The van der Waals surface area contributed by atoms with Crippen molar-refractivity contribution in [2.75, 3.05) is 19.6 Å². The molecule has 2 aromatic rings. The lowest BCUT2D eigenvalue weighted by Gasteiger charge is -2.32. The first-order valence-corrected chi connectivity index (χ1v) is 11.2. The van der Waals surface area contributed by atoms with Crippen LogP contribution in [0.15, 0.2) is 34.5 Å². The van der Waals surface area contributed by atoms with Crippen LogP contribution in [-0.4, -0.2) is 41.5 Å². The fraction of sp³-hybridized carbons (Fsp3) is 0.500. The van der Waals surface area contributed by atoms with E-state index in [1.807, 2.05) is 31.2 Å². The predicted octanol–water partition coefficient (Wildman–Crippen LogP) is 4.35. The predicted molar refractivity (Wildman–Crippen MR) is 110 cm³/mol. The third-order valence-corrected chi connectivity index (χ3v) is 6.50. The van der Waals surface area contributed by atoms with Crippen LogP contribution in [-0.2, 0) is 5.75 Å². The van der Waals surface area contributed by atoms with Gasteiger partial charge in [-0.05, 0) is 57.0 Å². The molecule has 1 aliphatic rings. The molecule has 1 aliphatic heterocycles. The third-order valence-electron chi connectivity index (χ3n) is 4.63. The molecule has 1 amide bonds. The number of amides is 1. The van der Waals surface area contributed by atoms with Crippen molar-refractivity contribution in [3.63, 3.8) is 0 Å². The Labute approximate surface area is 164 Å². The van der Waals surface area contributed by atoms with Crippen LogP contribution in [0, 0.1) is 6.92 Å². The van der Waals surface area contributed by atoms with Gasteiger partial charge >= 0.3 is 0 Å². The van der Waals surface area contributed by atoms with Gasteiger partial charge in [-0.2, -0.15) is 0 Å². The van der Waals surface area contributed by atoms with Crippen LogP contribution >= 0.6 is 23.1 Å². The van der Waals surface area contributed by atoms with Crippen molar-refractivity contribution >= 4 is 29.0 Å². The molecule has 0 radical (unpaired) electrons. The molecule has 0 bridgehead atoms. The van der Waals surface area contributed by atoms with Gasteiger partial charge in [-0.1, -0.05) is 6.92 Å². The summed E-state index contributed by atoms with van der Waals surface area (Å²) >= 11 is 3.44. The van der Waals surface area contributed by atoms with Gasteiger partial charge in [0.1, 0.15) is 0 Å². The summed E-state index contributed by atoms with van der Waals surface area (Å²) in [4.78, 5) is 20.6. The van der Waals surface area contributed by atoms with E-state index in [-0.39, 0.29) is 5.91 Å². The molecule has 6 heteroatoms. The lowest BCUT2D eigenvalue weighted by Crippen LogP contribution is -2.44. The lowest BCUT2D eigenvalue weighted by molar-refractivity contribution is 0.0911. The molecule has 1 saturated heterocycles. The number of likely N-dealkylation sites (tertiary alicyclic amines) is 1. The molecular formula is C20H27N3OS2. The van der Waals surface area contributed by atoms with Crippen LogP contribution in [0.1, 0.15) is 47.2 Å². The van der Waals surface area contributed by atoms with E-state index in [1.165, 1.54) is 17.9 Å². The zero-order chi connectivity index (χ0) is 18.4. The Morgan fingerprint density at radius 1 is 1.31 bits per heavy atom. The van der Waals surface area contributed by atoms with Gasteiger partial charge in [0, 0.05) is 40.7 Å². The van der Waals surface area contributed by atoms with E-state index in [0.717, 1.165) is 47.9 Å².